The fourth-order valence-electron chi connectivity index (χ4n) is 3.46. The minimum atomic E-state index is -0.690. The number of ether oxygens (including phenoxy) is 1. The SMILES string of the molecule is O=C(COC(=O)c1ccccc1N1CCCC1=O)Nc1ccccc1C(=O)NC1CC1. The molecule has 0 atom stereocenters. The van der Waals surface area contributed by atoms with Crippen molar-refractivity contribution >= 4 is 35.1 Å². The lowest BCUT2D eigenvalue weighted by molar-refractivity contribution is -0.119. The minimum Gasteiger partial charge on any atom is -0.452 e. The molecule has 0 unspecified atom stereocenters. The molecule has 1 aliphatic carbocycles. The van der Waals surface area contributed by atoms with Crippen molar-refractivity contribution in [3.8, 4) is 0 Å². The monoisotopic (exact) mass is 421 g/mol. The second-order valence-electron chi connectivity index (χ2n) is 7.58. The Morgan fingerprint density at radius 3 is 2.42 bits per heavy atom. The van der Waals surface area contributed by atoms with Crippen LogP contribution in [0, 0.1) is 0 Å². The summed E-state index contributed by atoms with van der Waals surface area (Å²) in [5.74, 6) is -1.54. The summed E-state index contributed by atoms with van der Waals surface area (Å²) in [5.41, 5.74) is 1.42. The Bertz CT molecular complexity index is 1030. The summed E-state index contributed by atoms with van der Waals surface area (Å²) in [7, 11) is 0. The Labute approximate surface area is 179 Å². The Morgan fingerprint density at radius 2 is 1.71 bits per heavy atom. The van der Waals surface area contributed by atoms with E-state index in [1.54, 1.807) is 53.4 Å². The van der Waals surface area contributed by atoms with Gasteiger partial charge in [-0.1, -0.05) is 24.3 Å². The van der Waals surface area contributed by atoms with E-state index in [0.29, 0.717) is 29.9 Å². The maximum Gasteiger partial charge on any atom is 0.340 e. The zero-order valence-electron chi connectivity index (χ0n) is 16.9. The molecule has 0 spiro atoms. The number of esters is 1. The van der Waals surface area contributed by atoms with E-state index in [-0.39, 0.29) is 23.4 Å². The normalized spacial score (nSPS) is 15.5. The van der Waals surface area contributed by atoms with Gasteiger partial charge in [0.25, 0.3) is 11.8 Å². The molecule has 2 aliphatic rings. The van der Waals surface area contributed by atoms with Crippen molar-refractivity contribution in [3.05, 3.63) is 59.7 Å². The highest BCUT2D eigenvalue weighted by Crippen LogP contribution is 2.26. The van der Waals surface area contributed by atoms with E-state index >= 15 is 0 Å². The molecule has 2 aromatic carbocycles. The van der Waals surface area contributed by atoms with Crippen LogP contribution in [-0.2, 0) is 14.3 Å². The fourth-order valence-corrected chi connectivity index (χ4v) is 3.46. The first kappa shape index (κ1) is 20.6. The van der Waals surface area contributed by atoms with E-state index in [2.05, 4.69) is 10.6 Å². The van der Waals surface area contributed by atoms with Crippen molar-refractivity contribution in [1.82, 2.24) is 5.32 Å². The summed E-state index contributed by atoms with van der Waals surface area (Å²) in [4.78, 5) is 50.9. The van der Waals surface area contributed by atoms with Gasteiger partial charge in [-0.05, 0) is 43.5 Å². The predicted molar refractivity (Wildman–Crippen MR) is 114 cm³/mol. The molecule has 8 heteroatoms. The van der Waals surface area contributed by atoms with Gasteiger partial charge < -0.3 is 20.3 Å². The van der Waals surface area contributed by atoms with Crippen molar-refractivity contribution in [2.45, 2.75) is 31.7 Å². The van der Waals surface area contributed by atoms with Crippen molar-refractivity contribution in [1.29, 1.82) is 0 Å². The van der Waals surface area contributed by atoms with Crippen molar-refractivity contribution in [2.24, 2.45) is 0 Å². The summed E-state index contributed by atoms with van der Waals surface area (Å²) in [6.07, 6.45) is 3.10. The molecule has 0 radical (unpaired) electrons. The predicted octanol–water partition coefficient (Wildman–Crippen LogP) is 2.50. The summed E-state index contributed by atoms with van der Waals surface area (Å²) < 4.78 is 5.18. The summed E-state index contributed by atoms with van der Waals surface area (Å²) in [6.45, 7) is 0.0308. The number of carbonyl (C=O) groups excluding carboxylic acids is 4. The van der Waals surface area contributed by atoms with E-state index in [9.17, 15) is 19.2 Å². The molecule has 31 heavy (non-hydrogen) atoms. The molecule has 2 aromatic rings. The van der Waals surface area contributed by atoms with Crippen molar-refractivity contribution in [3.63, 3.8) is 0 Å². The molecule has 2 fully saturated rings. The molecular weight excluding hydrogens is 398 g/mol. The van der Waals surface area contributed by atoms with E-state index in [4.69, 9.17) is 4.74 Å². The van der Waals surface area contributed by atoms with Crippen LogP contribution in [-0.4, -0.2) is 42.9 Å². The van der Waals surface area contributed by atoms with Gasteiger partial charge in [-0.2, -0.15) is 0 Å². The van der Waals surface area contributed by atoms with Crippen molar-refractivity contribution in [2.75, 3.05) is 23.4 Å². The highest BCUT2D eigenvalue weighted by Gasteiger charge is 2.27. The number of amides is 3. The standard InChI is InChI=1S/C23H23N3O5/c27-20(25-18-8-3-1-6-16(18)22(29)24-15-11-12-15)14-31-23(30)17-7-2-4-9-19(17)26-13-5-10-21(26)28/h1-4,6-9,15H,5,10-14H2,(H,24,29)(H,25,27). The van der Waals surface area contributed by atoms with Crippen LogP contribution in [0.1, 0.15) is 46.4 Å². The number of rotatable bonds is 7. The van der Waals surface area contributed by atoms with Gasteiger partial charge in [-0.3, -0.25) is 14.4 Å². The lowest BCUT2D eigenvalue weighted by Gasteiger charge is -2.18. The third-order valence-corrected chi connectivity index (χ3v) is 5.18. The first-order valence-electron chi connectivity index (χ1n) is 10.3. The second-order valence-corrected chi connectivity index (χ2v) is 7.58. The summed E-state index contributed by atoms with van der Waals surface area (Å²) >= 11 is 0. The van der Waals surface area contributed by atoms with Crippen LogP contribution in [0.3, 0.4) is 0 Å². The first-order valence-corrected chi connectivity index (χ1v) is 10.3. The quantitative estimate of drug-likeness (QED) is 0.669. The topological polar surface area (TPSA) is 105 Å². The maximum atomic E-state index is 12.6. The van der Waals surface area contributed by atoms with Gasteiger partial charge in [0.05, 0.1) is 22.5 Å². The van der Waals surface area contributed by atoms with Gasteiger partial charge in [0.15, 0.2) is 6.61 Å². The summed E-state index contributed by atoms with van der Waals surface area (Å²) in [6, 6.07) is 13.5. The van der Waals surface area contributed by atoms with Crippen LogP contribution in [0.15, 0.2) is 48.5 Å². The highest BCUT2D eigenvalue weighted by molar-refractivity contribution is 6.06. The molecule has 4 rings (SSSR count). The Morgan fingerprint density at radius 1 is 1.00 bits per heavy atom. The van der Waals surface area contributed by atoms with E-state index < -0.39 is 18.5 Å². The van der Waals surface area contributed by atoms with Crippen LogP contribution in [0.2, 0.25) is 0 Å². The minimum absolute atomic E-state index is 0.0425. The lowest BCUT2D eigenvalue weighted by atomic mass is 10.1. The van der Waals surface area contributed by atoms with Crippen LogP contribution < -0.4 is 15.5 Å². The lowest BCUT2D eigenvalue weighted by Crippen LogP contribution is -2.28. The molecule has 160 valence electrons. The first-order chi connectivity index (χ1) is 15.0. The number of nitrogens with zero attached hydrogens (tertiary/aromatic N) is 1. The zero-order chi connectivity index (χ0) is 21.8. The molecule has 0 aromatic heterocycles. The number of carbonyl (C=O) groups is 4. The van der Waals surface area contributed by atoms with Gasteiger partial charge in [-0.15, -0.1) is 0 Å². The van der Waals surface area contributed by atoms with E-state index in [1.165, 1.54) is 0 Å². The van der Waals surface area contributed by atoms with Gasteiger partial charge in [0.1, 0.15) is 0 Å². The van der Waals surface area contributed by atoms with Gasteiger partial charge in [0.2, 0.25) is 5.91 Å². The van der Waals surface area contributed by atoms with Crippen LogP contribution in [0.25, 0.3) is 0 Å². The number of benzene rings is 2. The second kappa shape index (κ2) is 8.99. The van der Waals surface area contributed by atoms with Gasteiger partial charge in [0, 0.05) is 19.0 Å². The third-order valence-electron chi connectivity index (χ3n) is 5.18. The molecular formula is C23H23N3O5. The summed E-state index contributed by atoms with van der Waals surface area (Å²) in [5, 5.41) is 5.51. The average Bonchev–Trinajstić information content (AvgIpc) is 3.49. The number of para-hydroxylation sites is 2. The molecule has 1 saturated carbocycles. The number of hydrogen-bond donors (Lipinski definition) is 2. The smallest absolute Gasteiger partial charge is 0.340 e. The molecule has 1 heterocycles. The van der Waals surface area contributed by atoms with E-state index in [1.807, 2.05) is 0 Å². The zero-order valence-corrected chi connectivity index (χ0v) is 16.9. The van der Waals surface area contributed by atoms with Gasteiger partial charge >= 0.3 is 5.97 Å². The van der Waals surface area contributed by atoms with Crippen LogP contribution in [0.4, 0.5) is 11.4 Å². The maximum absolute atomic E-state index is 12.6. The third kappa shape index (κ3) is 4.91. The van der Waals surface area contributed by atoms with Crippen LogP contribution in [0.5, 0.6) is 0 Å². The fraction of sp³-hybridized carbons (Fsp3) is 0.304. The van der Waals surface area contributed by atoms with E-state index in [0.717, 1.165) is 19.3 Å². The Balaban J connectivity index is 1.38. The number of hydrogen-bond acceptors (Lipinski definition) is 5. The largest absolute Gasteiger partial charge is 0.452 e. The van der Waals surface area contributed by atoms with Gasteiger partial charge in [-0.25, -0.2) is 4.79 Å². The van der Waals surface area contributed by atoms with Crippen LogP contribution >= 0.6 is 0 Å². The average molecular weight is 421 g/mol. The molecule has 8 nitrogen and oxygen atoms in total. The van der Waals surface area contributed by atoms with Crippen molar-refractivity contribution < 1.29 is 23.9 Å². The molecule has 1 aliphatic heterocycles. The Kier molecular flexibility index (Phi) is 5.97. The molecule has 2 N–H and O–H groups in total. The highest BCUT2D eigenvalue weighted by atomic mass is 16.5. The number of nitrogens with one attached hydrogen (secondary N) is 2. The molecule has 3 amide bonds. The Hall–Kier alpha value is -3.68. The molecule has 0 bridgehead atoms. The molecule has 1 saturated heterocycles. The number of anilines is 2.